The predicted octanol–water partition coefficient (Wildman–Crippen LogP) is 4.02. The molecule has 0 aliphatic carbocycles. The molecule has 0 bridgehead atoms. The second kappa shape index (κ2) is 5.76. The van der Waals surface area contributed by atoms with E-state index in [4.69, 9.17) is 16.7 Å². The maximum Gasteiger partial charge on any atom is 0.307 e. The van der Waals surface area contributed by atoms with Gasteiger partial charge < -0.3 is 10.4 Å². The van der Waals surface area contributed by atoms with Gasteiger partial charge in [0.25, 0.3) is 0 Å². The highest BCUT2D eigenvalue weighted by molar-refractivity contribution is 6.34. The first-order chi connectivity index (χ1) is 9.08. The van der Waals surface area contributed by atoms with Crippen LogP contribution in [0.1, 0.15) is 11.1 Å². The Labute approximate surface area is 116 Å². The highest BCUT2D eigenvalue weighted by Crippen LogP contribution is 2.29. The maximum absolute atomic E-state index is 10.8. The largest absolute Gasteiger partial charge is 0.481 e. The molecule has 0 saturated carbocycles. The summed E-state index contributed by atoms with van der Waals surface area (Å²) in [5, 5.41) is 12.7. The molecular formula is C15H14ClNO2. The summed E-state index contributed by atoms with van der Waals surface area (Å²) in [6.45, 7) is 1.93. The zero-order chi connectivity index (χ0) is 13.8. The monoisotopic (exact) mass is 275 g/mol. The van der Waals surface area contributed by atoms with Gasteiger partial charge in [0.1, 0.15) is 0 Å². The minimum Gasteiger partial charge on any atom is -0.481 e. The van der Waals surface area contributed by atoms with E-state index in [0.29, 0.717) is 5.02 Å². The van der Waals surface area contributed by atoms with E-state index in [1.54, 1.807) is 6.07 Å². The quantitative estimate of drug-likeness (QED) is 0.886. The molecule has 2 N–H and O–H groups in total. The van der Waals surface area contributed by atoms with Gasteiger partial charge in [0.2, 0.25) is 0 Å². The van der Waals surface area contributed by atoms with Crippen LogP contribution in [0.4, 0.5) is 11.4 Å². The lowest BCUT2D eigenvalue weighted by atomic mass is 10.1. The van der Waals surface area contributed by atoms with Crippen LogP contribution in [0.2, 0.25) is 5.02 Å². The Balaban J connectivity index is 2.33. The molecule has 0 aliphatic heterocycles. The highest BCUT2D eigenvalue weighted by Gasteiger charge is 2.08. The fraction of sp³-hybridized carbons (Fsp3) is 0.133. The lowest BCUT2D eigenvalue weighted by Crippen LogP contribution is -2.03. The van der Waals surface area contributed by atoms with Gasteiger partial charge in [0, 0.05) is 5.69 Å². The van der Waals surface area contributed by atoms with Crippen LogP contribution in [0, 0.1) is 6.92 Å². The SMILES string of the molecule is Cc1cccc(Nc2ccccc2CC(=O)O)c1Cl. The second-order valence-electron chi connectivity index (χ2n) is 4.29. The van der Waals surface area contributed by atoms with Gasteiger partial charge >= 0.3 is 5.97 Å². The lowest BCUT2D eigenvalue weighted by molar-refractivity contribution is -0.136. The van der Waals surface area contributed by atoms with Gasteiger partial charge in [0.05, 0.1) is 17.1 Å². The Kier molecular flexibility index (Phi) is 4.07. The number of carboxylic acid groups (broad SMARTS) is 1. The number of para-hydroxylation sites is 1. The Morgan fingerprint density at radius 2 is 1.84 bits per heavy atom. The van der Waals surface area contributed by atoms with E-state index >= 15 is 0 Å². The smallest absolute Gasteiger partial charge is 0.307 e. The molecule has 0 radical (unpaired) electrons. The van der Waals surface area contributed by atoms with Crippen LogP contribution in [0.15, 0.2) is 42.5 Å². The number of aryl methyl sites for hydroxylation is 1. The molecule has 2 aromatic rings. The second-order valence-corrected chi connectivity index (χ2v) is 4.67. The number of aliphatic carboxylic acids is 1. The molecule has 0 saturated heterocycles. The number of hydrogen-bond acceptors (Lipinski definition) is 2. The van der Waals surface area contributed by atoms with Gasteiger partial charge in [-0.15, -0.1) is 0 Å². The molecule has 0 fully saturated rings. The normalized spacial score (nSPS) is 10.2. The summed E-state index contributed by atoms with van der Waals surface area (Å²) >= 11 is 6.22. The average Bonchev–Trinajstić information content (AvgIpc) is 2.36. The molecule has 2 rings (SSSR count). The molecule has 2 aromatic carbocycles. The van der Waals surface area contributed by atoms with Crippen LogP contribution in [0.25, 0.3) is 0 Å². The minimum absolute atomic E-state index is 0.0212. The third-order valence-corrected chi connectivity index (χ3v) is 3.32. The van der Waals surface area contributed by atoms with Crippen LogP contribution in [-0.4, -0.2) is 11.1 Å². The zero-order valence-electron chi connectivity index (χ0n) is 10.5. The fourth-order valence-electron chi connectivity index (χ4n) is 1.85. The van der Waals surface area contributed by atoms with Crippen molar-refractivity contribution in [1.82, 2.24) is 0 Å². The lowest BCUT2D eigenvalue weighted by Gasteiger charge is -2.13. The van der Waals surface area contributed by atoms with Crippen molar-refractivity contribution in [2.24, 2.45) is 0 Å². The van der Waals surface area contributed by atoms with Crippen molar-refractivity contribution in [1.29, 1.82) is 0 Å². The molecule has 0 atom stereocenters. The molecule has 4 heteroatoms. The third kappa shape index (κ3) is 3.26. The van der Waals surface area contributed by atoms with Crippen molar-refractivity contribution in [3.63, 3.8) is 0 Å². The zero-order valence-corrected chi connectivity index (χ0v) is 11.2. The van der Waals surface area contributed by atoms with Crippen molar-refractivity contribution < 1.29 is 9.90 Å². The van der Waals surface area contributed by atoms with Gasteiger partial charge in [-0.2, -0.15) is 0 Å². The van der Waals surface area contributed by atoms with E-state index in [-0.39, 0.29) is 6.42 Å². The van der Waals surface area contributed by atoms with E-state index in [0.717, 1.165) is 22.5 Å². The standard InChI is InChI=1S/C15H14ClNO2/c1-10-5-4-8-13(15(10)16)17-12-7-3-2-6-11(12)9-14(18)19/h2-8,17H,9H2,1H3,(H,18,19). The van der Waals surface area contributed by atoms with E-state index in [1.165, 1.54) is 0 Å². The van der Waals surface area contributed by atoms with Gasteiger partial charge in [0.15, 0.2) is 0 Å². The Bertz CT molecular complexity index is 611. The van der Waals surface area contributed by atoms with Crippen molar-refractivity contribution >= 4 is 28.9 Å². The topological polar surface area (TPSA) is 49.3 Å². The van der Waals surface area contributed by atoms with Crippen LogP contribution in [0.3, 0.4) is 0 Å². The van der Waals surface area contributed by atoms with E-state index in [2.05, 4.69) is 5.32 Å². The Morgan fingerprint density at radius 1 is 1.16 bits per heavy atom. The number of halogens is 1. The van der Waals surface area contributed by atoms with Gasteiger partial charge in [-0.1, -0.05) is 41.9 Å². The predicted molar refractivity (Wildman–Crippen MR) is 77.3 cm³/mol. The first kappa shape index (κ1) is 13.4. The molecule has 3 nitrogen and oxygen atoms in total. The molecule has 0 spiro atoms. The van der Waals surface area contributed by atoms with Crippen molar-refractivity contribution in [2.45, 2.75) is 13.3 Å². The fourth-order valence-corrected chi connectivity index (χ4v) is 2.02. The summed E-state index contributed by atoms with van der Waals surface area (Å²) in [7, 11) is 0. The number of anilines is 2. The number of nitrogens with one attached hydrogen (secondary N) is 1. The van der Waals surface area contributed by atoms with Gasteiger partial charge in [-0.05, 0) is 30.2 Å². The highest BCUT2D eigenvalue weighted by atomic mass is 35.5. The molecule has 0 amide bonds. The number of carboxylic acids is 1. The molecular weight excluding hydrogens is 262 g/mol. The van der Waals surface area contributed by atoms with E-state index < -0.39 is 5.97 Å². The third-order valence-electron chi connectivity index (χ3n) is 2.82. The van der Waals surface area contributed by atoms with Crippen LogP contribution >= 0.6 is 11.6 Å². The number of benzene rings is 2. The van der Waals surface area contributed by atoms with Gasteiger partial charge in [-0.25, -0.2) is 0 Å². The van der Waals surface area contributed by atoms with Crippen LogP contribution in [0.5, 0.6) is 0 Å². The summed E-state index contributed by atoms with van der Waals surface area (Å²) in [5.74, 6) is -0.857. The molecule has 98 valence electrons. The van der Waals surface area contributed by atoms with Crippen LogP contribution < -0.4 is 5.32 Å². The summed E-state index contributed by atoms with van der Waals surface area (Å²) in [6, 6.07) is 13.0. The van der Waals surface area contributed by atoms with Crippen molar-refractivity contribution in [3.05, 3.63) is 58.6 Å². The minimum atomic E-state index is -0.857. The van der Waals surface area contributed by atoms with Crippen molar-refractivity contribution in [3.8, 4) is 0 Å². The number of hydrogen-bond donors (Lipinski definition) is 2. The van der Waals surface area contributed by atoms with E-state index in [1.807, 2.05) is 43.3 Å². The molecule has 19 heavy (non-hydrogen) atoms. The summed E-state index contributed by atoms with van der Waals surface area (Å²) in [5.41, 5.74) is 3.24. The molecule has 0 aromatic heterocycles. The molecule has 0 heterocycles. The van der Waals surface area contributed by atoms with Crippen LogP contribution in [-0.2, 0) is 11.2 Å². The average molecular weight is 276 g/mol. The molecule has 0 unspecified atom stereocenters. The first-order valence-corrected chi connectivity index (χ1v) is 6.27. The summed E-state index contributed by atoms with van der Waals surface area (Å²) in [6.07, 6.45) is -0.0212. The Hall–Kier alpha value is -2.00. The number of rotatable bonds is 4. The first-order valence-electron chi connectivity index (χ1n) is 5.90. The molecule has 0 aliphatic rings. The number of carbonyl (C=O) groups is 1. The van der Waals surface area contributed by atoms with Crippen molar-refractivity contribution in [2.75, 3.05) is 5.32 Å². The summed E-state index contributed by atoms with van der Waals surface area (Å²) in [4.78, 5) is 10.8. The van der Waals surface area contributed by atoms with E-state index in [9.17, 15) is 4.79 Å². The summed E-state index contributed by atoms with van der Waals surface area (Å²) < 4.78 is 0. The van der Waals surface area contributed by atoms with Gasteiger partial charge in [-0.3, -0.25) is 4.79 Å². The Morgan fingerprint density at radius 3 is 2.58 bits per heavy atom. The maximum atomic E-state index is 10.8.